The zero-order valence-electron chi connectivity index (χ0n) is 21.4. The third kappa shape index (κ3) is 6.69. The van der Waals surface area contributed by atoms with Crippen LogP contribution in [0.3, 0.4) is 0 Å². The Morgan fingerprint density at radius 1 is 1.21 bits per heavy atom. The predicted octanol–water partition coefficient (Wildman–Crippen LogP) is 4.61. The van der Waals surface area contributed by atoms with Crippen LogP contribution in [0.2, 0.25) is 0 Å². The van der Waals surface area contributed by atoms with Crippen LogP contribution in [0.25, 0.3) is 5.57 Å². The highest BCUT2D eigenvalue weighted by atomic mass is 19.4. The average molecular weight is 530 g/mol. The van der Waals surface area contributed by atoms with E-state index in [0.717, 1.165) is 18.0 Å². The summed E-state index contributed by atoms with van der Waals surface area (Å²) in [5.41, 5.74) is 2.51. The number of amides is 2. The van der Waals surface area contributed by atoms with E-state index >= 15 is 0 Å². The van der Waals surface area contributed by atoms with E-state index in [2.05, 4.69) is 21.7 Å². The Bertz CT molecular complexity index is 1310. The molecule has 7 nitrogen and oxygen atoms in total. The van der Waals surface area contributed by atoms with Gasteiger partial charge >= 0.3 is 6.36 Å². The van der Waals surface area contributed by atoms with E-state index in [4.69, 9.17) is 0 Å². The number of halogens is 3. The van der Waals surface area contributed by atoms with Gasteiger partial charge in [0.2, 0.25) is 0 Å². The van der Waals surface area contributed by atoms with Gasteiger partial charge in [0.1, 0.15) is 5.60 Å². The molecule has 2 unspecified atom stereocenters. The first-order valence-corrected chi connectivity index (χ1v) is 12.1. The molecule has 1 aliphatic carbocycles. The number of alkyl halides is 3. The fourth-order valence-corrected chi connectivity index (χ4v) is 4.30. The van der Waals surface area contributed by atoms with Gasteiger partial charge in [0, 0.05) is 11.3 Å². The summed E-state index contributed by atoms with van der Waals surface area (Å²) in [5.74, 6) is -3.17. The molecule has 0 saturated heterocycles. The van der Waals surface area contributed by atoms with E-state index in [9.17, 15) is 27.6 Å². The second-order valence-corrected chi connectivity index (χ2v) is 8.97. The number of carbonyl (C=O) groups excluding carboxylic acids is 2. The maximum absolute atomic E-state index is 13.9. The van der Waals surface area contributed by atoms with Crippen LogP contribution in [-0.2, 0) is 33.7 Å². The SMILES string of the molecule is C=CC(=O)NN(Cc1c(CC)cc(CC)[nH]c1=O)C(=O)C1C=C(c2ccccc2)C=CC1(C)OC(F)(F)F. The highest BCUT2D eigenvalue weighted by molar-refractivity contribution is 5.92. The van der Waals surface area contributed by atoms with Crippen molar-refractivity contribution in [3.05, 3.63) is 100 Å². The summed E-state index contributed by atoms with van der Waals surface area (Å²) in [4.78, 5) is 41.8. The molecule has 1 aliphatic rings. The molecule has 2 amide bonds. The summed E-state index contributed by atoms with van der Waals surface area (Å²) in [6.45, 7) is 7.86. The number of aromatic amines is 1. The molecule has 0 aliphatic heterocycles. The lowest BCUT2D eigenvalue weighted by Gasteiger charge is -2.38. The topological polar surface area (TPSA) is 91.5 Å². The Morgan fingerprint density at radius 2 is 1.89 bits per heavy atom. The second-order valence-electron chi connectivity index (χ2n) is 8.97. The van der Waals surface area contributed by atoms with Crippen molar-refractivity contribution in [2.75, 3.05) is 0 Å². The molecular formula is C28H30F3N3O4. The number of nitrogens with one attached hydrogen (secondary N) is 2. The molecule has 0 fully saturated rings. The lowest BCUT2D eigenvalue weighted by Crippen LogP contribution is -2.54. The van der Waals surface area contributed by atoms with E-state index in [1.807, 2.05) is 13.8 Å². The summed E-state index contributed by atoms with van der Waals surface area (Å²) >= 11 is 0. The van der Waals surface area contributed by atoms with Gasteiger partial charge in [0.15, 0.2) is 0 Å². The quantitative estimate of drug-likeness (QED) is 0.386. The maximum Gasteiger partial charge on any atom is 0.523 e. The Hall–Kier alpha value is -3.92. The molecule has 202 valence electrons. The second kappa shape index (κ2) is 11.6. The first kappa shape index (κ1) is 28.6. The highest BCUT2D eigenvalue weighted by Gasteiger charge is 2.48. The number of carbonyl (C=O) groups is 2. The molecule has 0 saturated carbocycles. The van der Waals surface area contributed by atoms with Gasteiger partial charge in [-0.2, -0.15) is 0 Å². The van der Waals surface area contributed by atoms with E-state index in [0.29, 0.717) is 35.2 Å². The molecule has 1 heterocycles. The molecule has 38 heavy (non-hydrogen) atoms. The third-order valence-corrected chi connectivity index (χ3v) is 6.33. The number of hydrogen-bond donors (Lipinski definition) is 2. The van der Waals surface area contributed by atoms with Crippen LogP contribution in [0.4, 0.5) is 13.2 Å². The van der Waals surface area contributed by atoms with E-state index in [-0.39, 0.29) is 12.1 Å². The number of ether oxygens (including phenoxy) is 1. The number of H-pyrrole nitrogens is 1. The van der Waals surface area contributed by atoms with Crippen LogP contribution >= 0.6 is 0 Å². The van der Waals surface area contributed by atoms with E-state index in [1.165, 1.54) is 18.2 Å². The van der Waals surface area contributed by atoms with Gasteiger partial charge in [-0.05, 0) is 48.6 Å². The van der Waals surface area contributed by atoms with Gasteiger partial charge in [-0.1, -0.05) is 69.0 Å². The van der Waals surface area contributed by atoms with Crippen LogP contribution in [0.1, 0.15) is 43.2 Å². The third-order valence-electron chi connectivity index (χ3n) is 6.33. The number of rotatable bonds is 8. The molecule has 10 heteroatoms. The molecule has 1 aromatic carbocycles. The van der Waals surface area contributed by atoms with Gasteiger partial charge in [0.05, 0.1) is 12.5 Å². The fourth-order valence-electron chi connectivity index (χ4n) is 4.30. The Kier molecular flexibility index (Phi) is 8.78. The van der Waals surface area contributed by atoms with Crippen molar-refractivity contribution in [2.45, 2.75) is 52.1 Å². The van der Waals surface area contributed by atoms with Crippen molar-refractivity contribution < 1.29 is 27.5 Å². The zero-order valence-corrected chi connectivity index (χ0v) is 21.4. The van der Waals surface area contributed by atoms with Crippen LogP contribution in [-0.4, -0.2) is 33.8 Å². The Balaban J connectivity index is 2.10. The van der Waals surface area contributed by atoms with Crippen molar-refractivity contribution >= 4 is 17.4 Å². The summed E-state index contributed by atoms with van der Waals surface area (Å²) in [6, 6.07) is 10.6. The number of benzene rings is 1. The van der Waals surface area contributed by atoms with Crippen LogP contribution in [0.5, 0.6) is 0 Å². The number of hydrogen-bond acceptors (Lipinski definition) is 4. The van der Waals surface area contributed by atoms with Crippen LogP contribution < -0.4 is 11.0 Å². The molecule has 3 rings (SSSR count). The molecule has 0 spiro atoms. The molecule has 2 atom stereocenters. The monoisotopic (exact) mass is 529 g/mol. The minimum absolute atomic E-state index is 0.208. The molecule has 2 aromatic rings. The first-order chi connectivity index (χ1) is 17.9. The first-order valence-electron chi connectivity index (χ1n) is 12.1. The minimum Gasteiger partial charge on any atom is -0.326 e. The summed E-state index contributed by atoms with van der Waals surface area (Å²) in [5, 5.41) is 0.848. The normalized spacial score (nSPS) is 19.0. The zero-order chi connectivity index (χ0) is 28.1. The minimum atomic E-state index is -5.05. The van der Waals surface area contributed by atoms with Crippen molar-refractivity contribution in [2.24, 2.45) is 5.92 Å². The number of allylic oxidation sites excluding steroid dienone is 2. The predicted molar refractivity (Wildman–Crippen MR) is 137 cm³/mol. The van der Waals surface area contributed by atoms with Gasteiger partial charge < -0.3 is 4.98 Å². The van der Waals surface area contributed by atoms with Crippen molar-refractivity contribution in [3.8, 4) is 0 Å². The molecule has 0 bridgehead atoms. The standard InChI is InChI=1S/C28H30F3N3O4/c1-5-18-15-21(6-2)32-25(36)22(18)17-34(33-24(35)7-3)26(37)23-16-20(19-11-9-8-10-12-19)13-14-27(23,4)38-28(29,30)31/h7-16,23H,3,5-6,17H2,1-2,4H3,(H,32,36)(H,33,35). The molecular weight excluding hydrogens is 499 g/mol. The lowest BCUT2D eigenvalue weighted by atomic mass is 9.80. The van der Waals surface area contributed by atoms with Crippen molar-refractivity contribution in [3.63, 3.8) is 0 Å². The summed E-state index contributed by atoms with van der Waals surface area (Å²) in [6.07, 6.45) is 0.924. The van der Waals surface area contributed by atoms with Crippen LogP contribution in [0, 0.1) is 5.92 Å². The van der Waals surface area contributed by atoms with Crippen molar-refractivity contribution in [1.29, 1.82) is 0 Å². The van der Waals surface area contributed by atoms with E-state index in [1.54, 1.807) is 36.4 Å². The average Bonchev–Trinajstić information content (AvgIpc) is 2.88. The van der Waals surface area contributed by atoms with Gasteiger partial charge in [-0.25, -0.2) is 5.01 Å². The highest BCUT2D eigenvalue weighted by Crippen LogP contribution is 2.39. The van der Waals surface area contributed by atoms with Gasteiger partial charge in [-0.3, -0.25) is 24.5 Å². The van der Waals surface area contributed by atoms with E-state index < -0.39 is 35.3 Å². The van der Waals surface area contributed by atoms with Crippen molar-refractivity contribution in [1.82, 2.24) is 15.4 Å². The van der Waals surface area contributed by atoms with Gasteiger partial charge in [-0.15, -0.1) is 13.2 Å². The number of aryl methyl sites for hydroxylation is 2. The Labute approximate surface area is 218 Å². The maximum atomic E-state index is 13.9. The molecule has 1 aromatic heterocycles. The summed E-state index contributed by atoms with van der Waals surface area (Å²) in [7, 11) is 0. The molecule has 2 N–H and O–H groups in total. The van der Waals surface area contributed by atoms with Crippen LogP contribution in [0.15, 0.2) is 72.1 Å². The summed E-state index contributed by atoms with van der Waals surface area (Å²) < 4.78 is 44.8. The number of hydrazine groups is 1. The smallest absolute Gasteiger partial charge is 0.326 e. The van der Waals surface area contributed by atoms with Gasteiger partial charge in [0.25, 0.3) is 17.4 Å². The molecule has 0 radical (unpaired) electrons. The number of pyridine rings is 1. The Morgan fingerprint density at radius 3 is 2.47 bits per heavy atom. The fraction of sp³-hybridized carbons (Fsp3) is 0.321. The largest absolute Gasteiger partial charge is 0.523 e. The number of aromatic nitrogens is 1. The lowest BCUT2D eigenvalue weighted by molar-refractivity contribution is -0.359. The number of nitrogens with zero attached hydrogens (tertiary/aromatic N) is 1.